The van der Waals surface area contributed by atoms with Gasteiger partial charge in [-0.25, -0.2) is 0 Å². The minimum absolute atomic E-state index is 0.0448. The SMILES string of the molecule is Cc1ccc(C(=O)N2CCCC(C(=O)NC3CCCC3)C2)cc1. The Kier molecular flexibility index (Phi) is 4.99. The van der Waals surface area contributed by atoms with Crippen molar-refractivity contribution >= 4 is 11.8 Å². The van der Waals surface area contributed by atoms with Gasteiger partial charge >= 0.3 is 0 Å². The number of aryl methyl sites for hydroxylation is 1. The number of amides is 2. The van der Waals surface area contributed by atoms with Gasteiger partial charge in [-0.1, -0.05) is 30.5 Å². The molecular formula is C19H26N2O2. The molecule has 1 aromatic carbocycles. The highest BCUT2D eigenvalue weighted by Gasteiger charge is 2.30. The first-order valence-electron chi connectivity index (χ1n) is 8.80. The van der Waals surface area contributed by atoms with Gasteiger partial charge in [0.05, 0.1) is 5.92 Å². The fourth-order valence-electron chi connectivity index (χ4n) is 3.64. The van der Waals surface area contributed by atoms with Crippen LogP contribution < -0.4 is 5.32 Å². The van der Waals surface area contributed by atoms with Gasteiger partial charge in [0.2, 0.25) is 5.91 Å². The number of carbonyl (C=O) groups excluding carboxylic acids is 2. The third-order valence-electron chi connectivity index (χ3n) is 5.08. The number of hydrogen-bond donors (Lipinski definition) is 1. The Morgan fingerprint density at radius 1 is 1.04 bits per heavy atom. The standard InChI is InChI=1S/C19H26N2O2/c1-14-8-10-15(11-9-14)19(23)21-12-4-5-16(13-21)18(22)20-17-6-2-3-7-17/h8-11,16-17H,2-7,12-13H2,1H3,(H,20,22). The number of piperidine rings is 1. The largest absolute Gasteiger partial charge is 0.353 e. The lowest BCUT2D eigenvalue weighted by Gasteiger charge is -2.32. The van der Waals surface area contributed by atoms with Crippen molar-refractivity contribution in [3.8, 4) is 0 Å². The maximum atomic E-state index is 12.6. The lowest BCUT2D eigenvalue weighted by molar-refractivity contribution is -0.127. The first kappa shape index (κ1) is 16.0. The zero-order chi connectivity index (χ0) is 16.2. The Bertz CT molecular complexity index is 561. The van der Waals surface area contributed by atoms with Crippen molar-refractivity contribution in [2.75, 3.05) is 13.1 Å². The normalized spacial score (nSPS) is 22.1. The molecule has 1 N–H and O–H groups in total. The van der Waals surface area contributed by atoms with Gasteiger partial charge < -0.3 is 10.2 Å². The molecular weight excluding hydrogens is 288 g/mol. The van der Waals surface area contributed by atoms with Crippen LogP contribution in [0.3, 0.4) is 0 Å². The Hall–Kier alpha value is -1.84. The molecule has 1 atom stereocenters. The Labute approximate surface area is 138 Å². The summed E-state index contributed by atoms with van der Waals surface area (Å²) >= 11 is 0. The van der Waals surface area contributed by atoms with E-state index < -0.39 is 0 Å². The molecule has 0 aromatic heterocycles. The van der Waals surface area contributed by atoms with Gasteiger partial charge in [-0.3, -0.25) is 9.59 Å². The van der Waals surface area contributed by atoms with Gasteiger partial charge in [0, 0.05) is 24.7 Å². The molecule has 23 heavy (non-hydrogen) atoms. The second-order valence-corrected chi connectivity index (χ2v) is 6.95. The molecule has 2 aliphatic rings. The molecule has 1 saturated carbocycles. The van der Waals surface area contributed by atoms with Gasteiger partial charge in [-0.2, -0.15) is 0 Å². The van der Waals surface area contributed by atoms with Crippen LogP contribution in [0, 0.1) is 12.8 Å². The summed E-state index contributed by atoms with van der Waals surface area (Å²) in [5.74, 6) is 0.125. The summed E-state index contributed by atoms with van der Waals surface area (Å²) in [6.45, 7) is 3.31. The number of hydrogen-bond acceptors (Lipinski definition) is 2. The van der Waals surface area contributed by atoms with E-state index in [9.17, 15) is 9.59 Å². The second kappa shape index (κ2) is 7.16. The quantitative estimate of drug-likeness (QED) is 0.932. The van der Waals surface area contributed by atoms with Gasteiger partial charge in [0.25, 0.3) is 5.91 Å². The molecule has 124 valence electrons. The van der Waals surface area contributed by atoms with E-state index in [2.05, 4.69) is 5.32 Å². The molecule has 2 amide bonds. The van der Waals surface area contributed by atoms with E-state index in [0.717, 1.165) is 37.8 Å². The molecule has 1 aliphatic carbocycles. The molecule has 1 aromatic rings. The van der Waals surface area contributed by atoms with Crippen molar-refractivity contribution in [1.82, 2.24) is 10.2 Å². The maximum absolute atomic E-state index is 12.6. The average Bonchev–Trinajstić information content (AvgIpc) is 3.08. The van der Waals surface area contributed by atoms with E-state index in [1.807, 2.05) is 36.1 Å². The zero-order valence-corrected chi connectivity index (χ0v) is 13.9. The number of nitrogens with one attached hydrogen (secondary N) is 1. The van der Waals surface area contributed by atoms with E-state index in [0.29, 0.717) is 18.2 Å². The second-order valence-electron chi connectivity index (χ2n) is 6.95. The van der Waals surface area contributed by atoms with E-state index >= 15 is 0 Å². The average molecular weight is 314 g/mol. The van der Waals surface area contributed by atoms with E-state index in [-0.39, 0.29) is 17.7 Å². The fourth-order valence-corrected chi connectivity index (χ4v) is 3.64. The zero-order valence-electron chi connectivity index (χ0n) is 13.9. The molecule has 0 bridgehead atoms. The molecule has 2 fully saturated rings. The Balaban J connectivity index is 1.59. The summed E-state index contributed by atoms with van der Waals surface area (Å²) in [5.41, 5.74) is 1.86. The Morgan fingerprint density at radius 3 is 2.43 bits per heavy atom. The summed E-state index contributed by atoms with van der Waals surface area (Å²) in [5, 5.41) is 3.18. The topological polar surface area (TPSA) is 49.4 Å². The smallest absolute Gasteiger partial charge is 0.253 e. The van der Waals surface area contributed by atoms with Crippen LogP contribution in [0.25, 0.3) is 0 Å². The van der Waals surface area contributed by atoms with Crippen LogP contribution in [-0.4, -0.2) is 35.8 Å². The van der Waals surface area contributed by atoms with Crippen LogP contribution in [0.5, 0.6) is 0 Å². The van der Waals surface area contributed by atoms with Crippen molar-refractivity contribution in [1.29, 1.82) is 0 Å². The number of nitrogens with zero attached hydrogens (tertiary/aromatic N) is 1. The third-order valence-corrected chi connectivity index (χ3v) is 5.08. The van der Waals surface area contributed by atoms with Gasteiger partial charge in [-0.15, -0.1) is 0 Å². The number of carbonyl (C=O) groups is 2. The molecule has 1 saturated heterocycles. The molecule has 1 heterocycles. The van der Waals surface area contributed by atoms with Crippen LogP contribution in [0.4, 0.5) is 0 Å². The van der Waals surface area contributed by atoms with E-state index in [1.165, 1.54) is 12.8 Å². The molecule has 1 aliphatic heterocycles. The summed E-state index contributed by atoms with van der Waals surface area (Å²) in [7, 11) is 0. The van der Waals surface area contributed by atoms with Gasteiger partial charge in [0.1, 0.15) is 0 Å². The van der Waals surface area contributed by atoms with Crippen LogP contribution in [-0.2, 0) is 4.79 Å². The van der Waals surface area contributed by atoms with Crippen LogP contribution >= 0.6 is 0 Å². The Morgan fingerprint density at radius 2 is 1.74 bits per heavy atom. The minimum Gasteiger partial charge on any atom is -0.353 e. The highest BCUT2D eigenvalue weighted by molar-refractivity contribution is 5.94. The van der Waals surface area contributed by atoms with Crippen molar-refractivity contribution in [3.63, 3.8) is 0 Å². The fraction of sp³-hybridized carbons (Fsp3) is 0.579. The summed E-state index contributed by atoms with van der Waals surface area (Å²) < 4.78 is 0. The van der Waals surface area contributed by atoms with Crippen LogP contribution in [0.15, 0.2) is 24.3 Å². The predicted molar refractivity (Wildman–Crippen MR) is 90.2 cm³/mol. The highest BCUT2D eigenvalue weighted by atomic mass is 16.2. The first-order valence-corrected chi connectivity index (χ1v) is 8.80. The van der Waals surface area contributed by atoms with Gasteiger partial charge in [-0.05, 0) is 44.7 Å². The van der Waals surface area contributed by atoms with Crippen molar-refractivity contribution in [2.24, 2.45) is 5.92 Å². The molecule has 1 unspecified atom stereocenters. The number of likely N-dealkylation sites (tertiary alicyclic amines) is 1. The molecule has 0 spiro atoms. The molecule has 0 radical (unpaired) electrons. The summed E-state index contributed by atoms with van der Waals surface area (Å²) in [6, 6.07) is 8.02. The monoisotopic (exact) mass is 314 g/mol. The number of rotatable bonds is 3. The lowest BCUT2D eigenvalue weighted by atomic mass is 9.96. The van der Waals surface area contributed by atoms with Crippen molar-refractivity contribution in [3.05, 3.63) is 35.4 Å². The summed E-state index contributed by atoms with van der Waals surface area (Å²) in [6.07, 6.45) is 6.42. The highest BCUT2D eigenvalue weighted by Crippen LogP contribution is 2.22. The van der Waals surface area contributed by atoms with Crippen LogP contribution in [0.2, 0.25) is 0 Å². The molecule has 4 heteroatoms. The van der Waals surface area contributed by atoms with Crippen molar-refractivity contribution < 1.29 is 9.59 Å². The minimum atomic E-state index is -0.0567. The first-order chi connectivity index (χ1) is 11.1. The predicted octanol–water partition coefficient (Wildman–Crippen LogP) is 2.91. The third kappa shape index (κ3) is 3.92. The molecule has 4 nitrogen and oxygen atoms in total. The summed E-state index contributed by atoms with van der Waals surface area (Å²) in [4.78, 5) is 26.9. The van der Waals surface area contributed by atoms with Crippen LogP contribution in [0.1, 0.15) is 54.4 Å². The molecule has 3 rings (SSSR count). The number of benzene rings is 1. The van der Waals surface area contributed by atoms with Crippen molar-refractivity contribution in [2.45, 2.75) is 51.5 Å². The maximum Gasteiger partial charge on any atom is 0.253 e. The lowest BCUT2D eigenvalue weighted by Crippen LogP contribution is -2.47. The van der Waals surface area contributed by atoms with Gasteiger partial charge in [0.15, 0.2) is 0 Å². The van der Waals surface area contributed by atoms with E-state index in [1.54, 1.807) is 0 Å². The van der Waals surface area contributed by atoms with E-state index in [4.69, 9.17) is 0 Å².